The van der Waals surface area contributed by atoms with Crippen LogP contribution in [0.15, 0.2) is 72.8 Å². The van der Waals surface area contributed by atoms with Crippen molar-refractivity contribution in [2.45, 2.75) is 12.8 Å². The molecule has 4 rings (SSSR count). The zero-order valence-corrected chi connectivity index (χ0v) is 14.2. The molecule has 0 aromatic heterocycles. The molecule has 0 saturated heterocycles. The van der Waals surface area contributed by atoms with E-state index in [-0.39, 0.29) is 20.9 Å². The summed E-state index contributed by atoms with van der Waals surface area (Å²) >= 11 is -0.250. The summed E-state index contributed by atoms with van der Waals surface area (Å²) in [4.78, 5) is 0. The summed E-state index contributed by atoms with van der Waals surface area (Å²) in [5.41, 5.74) is 5.77. The standard InChI is InChI=1S/C20H16Te/c1-14-10-12-15(13-11-14)20-16-6-2-4-8-18(16)21-19-9-5-3-7-17(19)20/h2-13,20H,1H3. The third-order valence-corrected chi connectivity index (χ3v) is 7.47. The van der Waals surface area contributed by atoms with Crippen LogP contribution in [0, 0.1) is 6.92 Å². The van der Waals surface area contributed by atoms with Gasteiger partial charge in [-0.25, -0.2) is 0 Å². The van der Waals surface area contributed by atoms with Gasteiger partial charge >= 0.3 is 136 Å². The van der Waals surface area contributed by atoms with Crippen molar-refractivity contribution in [1.82, 2.24) is 0 Å². The van der Waals surface area contributed by atoms with E-state index < -0.39 is 0 Å². The Balaban J connectivity index is 1.95. The molecule has 21 heavy (non-hydrogen) atoms. The van der Waals surface area contributed by atoms with Gasteiger partial charge in [-0.3, -0.25) is 0 Å². The van der Waals surface area contributed by atoms with Crippen molar-refractivity contribution in [2.24, 2.45) is 0 Å². The van der Waals surface area contributed by atoms with Gasteiger partial charge in [0.25, 0.3) is 0 Å². The first-order valence-electron chi connectivity index (χ1n) is 7.25. The normalized spacial score (nSPS) is 13.6. The number of rotatable bonds is 1. The van der Waals surface area contributed by atoms with Crippen LogP contribution in [0.5, 0.6) is 0 Å². The predicted molar refractivity (Wildman–Crippen MR) is 90.0 cm³/mol. The molecular weight excluding hydrogens is 368 g/mol. The second kappa shape index (κ2) is 5.34. The second-order valence-electron chi connectivity index (χ2n) is 5.52. The number of hydrogen-bond acceptors (Lipinski definition) is 0. The Labute approximate surface area is 135 Å². The van der Waals surface area contributed by atoms with E-state index in [2.05, 4.69) is 79.7 Å². The van der Waals surface area contributed by atoms with Gasteiger partial charge in [0.2, 0.25) is 0 Å². The molecule has 0 N–H and O–H groups in total. The fourth-order valence-electron chi connectivity index (χ4n) is 3.03. The van der Waals surface area contributed by atoms with Crippen LogP contribution in [0.3, 0.4) is 0 Å². The fourth-order valence-corrected chi connectivity index (χ4v) is 6.27. The summed E-state index contributed by atoms with van der Waals surface area (Å²) in [6, 6.07) is 27.1. The van der Waals surface area contributed by atoms with Crippen LogP contribution in [0.2, 0.25) is 0 Å². The van der Waals surface area contributed by atoms with E-state index in [1.165, 1.54) is 22.3 Å². The predicted octanol–water partition coefficient (Wildman–Crippen LogP) is 3.14. The minimum absolute atomic E-state index is 0.250. The summed E-state index contributed by atoms with van der Waals surface area (Å²) in [5.74, 6) is 0.400. The summed E-state index contributed by atoms with van der Waals surface area (Å²) in [6.07, 6.45) is 0. The van der Waals surface area contributed by atoms with Crippen molar-refractivity contribution in [1.29, 1.82) is 0 Å². The Bertz CT molecular complexity index is 741. The molecule has 0 aliphatic carbocycles. The van der Waals surface area contributed by atoms with E-state index in [4.69, 9.17) is 0 Å². The van der Waals surface area contributed by atoms with Crippen LogP contribution in [0.25, 0.3) is 0 Å². The average molecular weight is 384 g/mol. The Morgan fingerprint density at radius 3 is 1.76 bits per heavy atom. The van der Waals surface area contributed by atoms with Gasteiger partial charge in [0.15, 0.2) is 0 Å². The van der Waals surface area contributed by atoms with Crippen LogP contribution in [0.4, 0.5) is 0 Å². The number of benzene rings is 3. The molecule has 0 atom stereocenters. The fraction of sp³-hybridized carbons (Fsp3) is 0.100. The molecule has 1 heteroatoms. The molecule has 1 aliphatic rings. The Morgan fingerprint density at radius 1 is 0.667 bits per heavy atom. The van der Waals surface area contributed by atoms with Gasteiger partial charge in [0, 0.05) is 0 Å². The van der Waals surface area contributed by atoms with Crippen LogP contribution >= 0.6 is 0 Å². The maximum absolute atomic E-state index is 2.33. The van der Waals surface area contributed by atoms with Crippen LogP contribution in [-0.2, 0) is 0 Å². The van der Waals surface area contributed by atoms with Gasteiger partial charge in [-0.2, -0.15) is 0 Å². The Kier molecular flexibility index (Phi) is 3.34. The van der Waals surface area contributed by atoms with Gasteiger partial charge in [0.05, 0.1) is 0 Å². The third-order valence-electron chi connectivity index (χ3n) is 4.09. The van der Waals surface area contributed by atoms with Crippen molar-refractivity contribution in [3.8, 4) is 0 Å². The molecular formula is C20H16Te. The monoisotopic (exact) mass is 386 g/mol. The van der Waals surface area contributed by atoms with E-state index in [0.717, 1.165) is 0 Å². The zero-order valence-electron chi connectivity index (χ0n) is 11.9. The summed E-state index contributed by atoms with van der Waals surface area (Å²) < 4.78 is 3.18. The first-order chi connectivity index (χ1) is 10.3. The molecule has 0 fully saturated rings. The van der Waals surface area contributed by atoms with Crippen LogP contribution in [-0.4, -0.2) is 20.9 Å². The molecule has 1 aliphatic heterocycles. The van der Waals surface area contributed by atoms with E-state index >= 15 is 0 Å². The first-order valence-corrected chi connectivity index (χ1v) is 9.58. The molecule has 1 heterocycles. The maximum atomic E-state index is 2.33. The number of hydrogen-bond donors (Lipinski definition) is 0. The number of aryl methyl sites for hydroxylation is 1. The summed E-state index contributed by atoms with van der Waals surface area (Å²) in [7, 11) is 0. The van der Waals surface area contributed by atoms with E-state index in [1.807, 2.05) is 0 Å². The molecule has 102 valence electrons. The quantitative estimate of drug-likeness (QED) is 0.443. The molecule has 0 radical (unpaired) electrons. The second-order valence-corrected chi connectivity index (χ2v) is 8.61. The van der Waals surface area contributed by atoms with E-state index in [0.29, 0.717) is 5.92 Å². The van der Waals surface area contributed by atoms with Gasteiger partial charge in [0.1, 0.15) is 0 Å². The third kappa shape index (κ3) is 2.31. The van der Waals surface area contributed by atoms with Crippen molar-refractivity contribution >= 4 is 28.1 Å². The molecule has 0 bridgehead atoms. The van der Waals surface area contributed by atoms with Gasteiger partial charge in [-0.1, -0.05) is 0 Å². The van der Waals surface area contributed by atoms with E-state index in [9.17, 15) is 0 Å². The molecule has 0 saturated carbocycles. The van der Waals surface area contributed by atoms with Gasteiger partial charge in [-0.15, -0.1) is 0 Å². The Hall–Kier alpha value is -1.55. The van der Waals surface area contributed by atoms with Gasteiger partial charge in [-0.05, 0) is 0 Å². The first kappa shape index (κ1) is 13.1. The molecule has 0 unspecified atom stereocenters. The molecule has 3 aromatic rings. The van der Waals surface area contributed by atoms with E-state index in [1.54, 1.807) is 7.22 Å². The molecule has 0 amide bonds. The molecule has 0 nitrogen and oxygen atoms in total. The summed E-state index contributed by atoms with van der Waals surface area (Å²) in [5, 5.41) is 0. The molecule has 3 aromatic carbocycles. The molecule has 0 spiro atoms. The van der Waals surface area contributed by atoms with Crippen molar-refractivity contribution in [3.05, 3.63) is 95.1 Å². The van der Waals surface area contributed by atoms with Crippen molar-refractivity contribution < 1.29 is 0 Å². The SMILES string of the molecule is Cc1ccc(C2c3ccccc3[Te]c3ccccc32)cc1. The topological polar surface area (TPSA) is 0 Å². The van der Waals surface area contributed by atoms with Crippen molar-refractivity contribution in [3.63, 3.8) is 0 Å². The zero-order chi connectivity index (χ0) is 14.2. The number of fused-ring (bicyclic) bond motifs is 2. The summed E-state index contributed by atoms with van der Waals surface area (Å²) in [6.45, 7) is 2.15. The Morgan fingerprint density at radius 2 is 1.19 bits per heavy atom. The average Bonchev–Trinajstić information content (AvgIpc) is 2.53. The van der Waals surface area contributed by atoms with Crippen LogP contribution < -0.4 is 7.22 Å². The van der Waals surface area contributed by atoms with Crippen LogP contribution in [0.1, 0.15) is 28.2 Å². The van der Waals surface area contributed by atoms with Gasteiger partial charge < -0.3 is 0 Å². The van der Waals surface area contributed by atoms with Crippen molar-refractivity contribution in [2.75, 3.05) is 0 Å². The minimum atomic E-state index is -0.250.